The summed E-state index contributed by atoms with van der Waals surface area (Å²) >= 11 is 0. The summed E-state index contributed by atoms with van der Waals surface area (Å²) in [4.78, 5) is 26.6. The number of amides is 2. The highest BCUT2D eigenvalue weighted by molar-refractivity contribution is 6.00. The monoisotopic (exact) mass is 363 g/mol. The van der Waals surface area contributed by atoms with Crippen molar-refractivity contribution < 1.29 is 14.3 Å². The summed E-state index contributed by atoms with van der Waals surface area (Å²) in [5.41, 5.74) is 2.39. The predicted octanol–water partition coefficient (Wildman–Crippen LogP) is 2.73. The fourth-order valence-electron chi connectivity index (χ4n) is 2.75. The molecule has 6 nitrogen and oxygen atoms in total. The Bertz CT molecular complexity index is 896. The minimum atomic E-state index is -0.181. The zero-order valence-corrected chi connectivity index (χ0v) is 15.4. The van der Waals surface area contributed by atoms with Gasteiger partial charge in [0, 0.05) is 25.2 Å². The Morgan fingerprint density at radius 1 is 1.22 bits per heavy atom. The van der Waals surface area contributed by atoms with Crippen LogP contribution in [0.1, 0.15) is 44.7 Å². The van der Waals surface area contributed by atoms with Crippen LogP contribution < -0.4 is 10.1 Å². The third-order valence-corrected chi connectivity index (χ3v) is 4.46. The topological polar surface area (TPSA) is 82.4 Å². The molecule has 138 valence electrons. The van der Waals surface area contributed by atoms with Crippen LogP contribution in [-0.4, -0.2) is 36.9 Å². The van der Waals surface area contributed by atoms with Crippen LogP contribution in [0.3, 0.4) is 0 Å². The molecule has 2 aromatic carbocycles. The fourth-order valence-corrected chi connectivity index (χ4v) is 2.75. The van der Waals surface area contributed by atoms with Gasteiger partial charge in [-0.15, -0.1) is 0 Å². The van der Waals surface area contributed by atoms with Crippen LogP contribution in [0, 0.1) is 11.3 Å². The van der Waals surface area contributed by atoms with E-state index in [0.717, 1.165) is 18.4 Å². The zero-order chi connectivity index (χ0) is 19.4. The van der Waals surface area contributed by atoms with Gasteiger partial charge in [0.2, 0.25) is 0 Å². The van der Waals surface area contributed by atoms with Crippen molar-refractivity contribution in [3.05, 3.63) is 64.7 Å². The lowest BCUT2D eigenvalue weighted by Crippen LogP contribution is -2.27. The summed E-state index contributed by atoms with van der Waals surface area (Å²) < 4.78 is 5.32. The van der Waals surface area contributed by atoms with E-state index in [-0.39, 0.29) is 17.9 Å². The summed E-state index contributed by atoms with van der Waals surface area (Å²) in [5, 5.41) is 11.8. The molecule has 0 atom stereocenters. The van der Waals surface area contributed by atoms with Gasteiger partial charge >= 0.3 is 0 Å². The number of hydrogen-bond acceptors (Lipinski definition) is 4. The van der Waals surface area contributed by atoms with Gasteiger partial charge in [-0.2, -0.15) is 5.26 Å². The highest BCUT2D eigenvalue weighted by Crippen LogP contribution is 2.24. The summed E-state index contributed by atoms with van der Waals surface area (Å²) in [6.45, 7) is 0.413. The van der Waals surface area contributed by atoms with E-state index >= 15 is 0 Å². The second-order valence-corrected chi connectivity index (χ2v) is 6.63. The molecule has 0 aliphatic heterocycles. The van der Waals surface area contributed by atoms with Crippen molar-refractivity contribution in [3.63, 3.8) is 0 Å². The van der Waals surface area contributed by atoms with Crippen molar-refractivity contribution in [1.82, 2.24) is 10.2 Å². The highest BCUT2D eigenvalue weighted by atomic mass is 16.5. The zero-order valence-electron chi connectivity index (χ0n) is 15.4. The van der Waals surface area contributed by atoms with Crippen molar-refractivity contribution >= 4 is 11.8 Å². The first-order valence-electron chi connectivity index (χ1n) is 8.75. The van der Waals surface area contributed by atoms with Crippen molar-refractivity contribution in [1.29, 1.82) is 5.26 Å². The Morgan fingerprint density at radius 2 is 1.93 bits per heavy atom. The molecule has 0 unspecified atom stereocenters. The molecule has 1 saturated carbocycles. The molecule has 1 aliphatic rings. The van der Waals surface area contributed by atoms with Gasteiger partial charge in [-0.3, -0.25) is 9.59 Å². The SMILES string of the molecule is COc1cc(C(=O)N(C)Cc2ccc(C#N)cc2)ccc1C(=O)NC1CC1. The first-order chi connectivity index (χ1) is 13.0. The molecule has 0 bridgehead atoms. The van der Waals surface area contributed by atoms with Crippen LogP contribution in [0.2, 0.25) is 0 Å². The molecule has 1 fully saturated rings. The molecule has 6 heteroatoms. The number of nitrogens with zero attached hydrogens (tertiary/aromatic N) is 2. The maximum atomic E-state index is 12.7. The molecule has 3 rings (SSSR count). The number of rotatable bonds is 6. The third-order valence-electron chi connectivity index (χ3n) is 4.46. The Balaban J connectivity index is 1.72. The van der Waals surface area contributed by atoms with E-state index < -0.39 is 0 Å². The Labute approximate surface area is 158 Å². The van der Waals surface area contributed by atoms with E-state index in [2.05, 4.69) is 11.4 Å². The van der Waals surface area contributed by atoms with Gasteiger partial charge in [-0.1, -0.05) is 12.1 Å². The van der Waals surface area contributed by atoms with Crippen molar-refractivity contribution in [3.8, 4) is 11.8 Å². The van der Waals surface area contributed by atoms with Crippen LogP contribution in [0.5, 0.6) is 5.75 Å². The molecule has 0 heterocycles. The smallest absolute Gasteiger partial charge is 0.255 e. The van der Waals surface area contributed by atoms with E-state index in [1.165, 1.54) is 7.11 Å². The summed E-state index contributed by atoms with van der Waals surface area (Å²) in [5.74, 6) is 0.0249. The van der Waals surface area contributed by atoms with E-state index in [4.69, 9.17) is 10.00 Å². The summed E-state index contributed by atoms with van der Waals surface area (Å²) in [7, 11) is 3.19. The number of hydrogen-bond donors (Lipinski definition) is 1. The molecule has 0 aromatic heterocycles. The third kappa shape index (κ3) is 4.45. The van der Waals surface area contributed by atoms with E-state index in [0.29, 0.717) is 29.0 Å². The minimum absolute atomic E-state index is 0.174. The fraction of sp³-hybridized carbons (Fsp3) is 0.286. The van der Waals surface area contributed by atoms with Crippen LogP contribution in [0.25, 0.3) is 0 Å². The van der Waals surface area contributed by atoms with E-state index in [9.17, 15) is 9.59 Å². The molecule has 2 amide bonds. The normalized spacial score (nSPS) is 12.8. The number of nitrogens with one attached hydrogen (secondary N) is 1. The molecule has 0 spiro atoms. The second kappa shape index (κ2) is 7.92. The maximum Gasteiger partial charge on any atom is 0.255 e. The van der Waals surface area contributed by atoms with Gasteiger partial charge in [0.25, 0.3) is 11.8 Å². The minimum Gasteiger partial charge on any atom is -0.496 e. The Morgan fingerprint density at radius 3 is 2.52 bits per heavy atom. The number of methoxy groups -OCH3 is 1. The lowest BCUT2D eigenvalue weighted by Gasteiger charge is -2.18. The highest BCUT2D eigenvalue weighted by Gasteiger charge is 2.25. The molecular weight excluding hydrogens is 342 g/mol. The summed E-state index contributed by atoms with van der Waals surface area (Å²) in [6, 6.07) is 14.3. The Kier molecular flexibility index (Phi) is 5.41. The van der Waals surface area contributed by atoms with Crippen molar-refractivity contribution in [2.45, 2.75) is 25.4 Å². The summed E-state index contributed by atoms with van der Waals surface area (Å²) in [6.07, 6.45) is 2.01. The van der Waals surface area contributed by atoms with Crippen LogP contribution in [0.15, 0.2) is 42.5 Å². The van der Waals surface area contributed by atoms with Gasteiger partial charge < -0.3 is 15.0 Å². The average molecular weight is 363 g/mol. The number of nitriles is 1. The molecule has 0 radical (unpaired) electrons. The lowest BCUT2D eigenvalue weighted by molar-refractivity contribution is 0.0783. The first kappa shape index (κ1) is 18.5. The van der Waals surface area contributed by atoms with Crippen LogP contribution in [0.4, 0.5) is 0 Å². The van der Waals surface area contributed by atoms with Gasteiger partial charge in [-0.05, 0) is 48.7 Å². The number of ether oxygens (including phenoxy) is 1. The molecule has 1 aliphatic carbocycles. The maximum absolute atomic E-state index is 12.7. The van der Waals surface area contributed by atoms with Gasteiger partial charge in [0.05, 0.1) is 24.3 Å². The van der Waals surface area contributed by atoms with Crippen LogP contribution in [-0.2, 0) is 6.54 Å². The van der Waals surface area contributed by atoms with Crippen molar-refractivity contribution in [2.24, 2.45) is 0 Å². The predicted molar refractivity (Wildman–Crippen MR) is 100 cm³/mol. The number of carbonyl (C=O) groups excluding carboxylic acids is 2. The molecule has 0 saturated heterocycles. The van der Waals surface area contributed by atoms with Gasteiger partial charge in [0.15, 0.2) is 0 Å². The number of carbonyl (C=O) groups is 2. The Hall–Kier alpha value is -3.33. The molecular formula is C21H21N3O3. The van der Waals surface area contributed by atoms with Crippen molar-refractivity contribution in [2.75, 3.05) is 14.2 Å². The van der Waals surface area contributed by atoms with Crippen LogP contribution >= 0.6 is 0 Å². The lowest BCUT2D eigenvalue weighted by atomic mass is 10.1. The first-order valence-corrected chi connectivity index (χ1v) is 8.75. The standard InChI is InChI=1S/C21H21N3O3/c1-24(13-15-5-3-14(12-22)4-6-15)21(26)16-7-10-18(19(11-16)27-2)20(25)23-17-8-9-17/h3-7,10-11,17H,8-9,13H2,1-2H3,(H,23,25). The largest absolute Gasteiger partial charge is 0.496 e. The number of benzene rings is 2. The van der Waals surface area contributed by atoms with E-state index in [1.807, 2.05) is 12.1 Å². The second-order valence-electron chi connectivity index (χ2n) is 6.63. The average Bonchev–Trinajstić information content (AvgIpc) is 3.51. The van der Waals surface area contributed by atoms with E-state index in [1.54, 1.807) is 42.3 Å². The van der Waals surface area contributed by atoms with Gasteiger partial charge in [0.1, 0.15) is 5.75 Å². The van der Waals surface area contributed by atoms with Gasteiger partial charge in [-0.25, -0.2) is 0 Å². The molecule has 27 heavy (non-hydrogen) atoms. The molecule has 1 N–H and O–H groups in total. The quantitative estimate of drug-likeness (QED) is 0.855. The molecule has 2 aromatic rings.